The number of carboxylic acid groups (broad SMARTS) is 1. The fraction of sp³-hybridized carbons (Fsp3) is 0. The summed E-state index contributed by atoms with van der Waals surface area (Å²) in [4.78, 5) is 21.9. The molecule has 72 valence electrons. The second-order valence-electron chi connectivity index (χ2n) is 2.55. The number of nitrogens with zero attached hydrogens (tertiary/aromatic N) is 3. The van der Waals surface area contributed by atoms with Crippen molar-refractivity contribution in [2.75, 3.05) is 0 Å². The molecule has 0 saturated heterocycles. The monoisotopic (exact) mass is 195 g/mol. The number of carbonyl (C=O) groups is 2. The first-order valence-corrected chi connectivity index (χ1v) is 3.56. The van der Waals surface area contributed by atoms with E-state index in [1.807, 2.05) is 0 Å². The number of aromatic carboxylic acids is 1. The van der Waals surface area contributed by atoms with Crippen molar-refractivity contribution in [3.8, 4) is 0 Å². The van der Waals surface area contributed by atoms with Crippen molar-refractivity contribution in [3.63, 3.8) is 0 Å². The molecular formula is C6H5N5O3. The molecule has 1 aliphatic rings. The molecule has 4 N–H and O–H groups in total. The van der Waals surface area contributed by atoms with Crippen molar-refractivity contribution in [1.29, 1.82) is 0 Å². The number of hydrazone groups is 1. The van der Waals surface area contributed by atoms with Gasteiger partial charge in [0.2, 0.25) is 5.96 Å². The lowest BCUT2D eigenvalue weighted by atomic mass is 10.2. The van der Waals surface area contributed by atoms with Crippen LogP contribution in [0.15, 0.2) is 11.3 Å². The number of fused-ring (bicyclic) bond motifs is 2. The van der Waals surface area contributed by atoms with Gasteiger partial charge in [0.25, 0.3) is 5.91 Å². The molecule has 2 bridgehead atoms. The summed E-state index contributed by atoms with van der Waals surface area (Å²) in [6.07, 6.45) is 1.13. The van der Waals surface area contributed by atoms with Crippen LogP contribution in [0.1, 0.15) is 20.8 Å². The molecule has 2 heterocycles. The molecule has 2 rings (SSSR count). The average Bonchev–Trinajstić information content (AvgIpc) is 2.52. The zero-order valence-corrected chi connectivity index (χ0v) is 6.76. The maximum absolute atomic E-state index is 11.2. The largest absolute Gasteiger partial charge is 0.478 e. The highest BCUT2D eigenvalue weighted by Crippen LogP contribution is 2.08. The molecule has 0 unspecified atom stereocenters. The molecule has 0 aromatic carbocycles. The average molecular weight is 195 g/mol. The van der Waals surface area contributed by atoms with Gasteiger partial charge < -0.3 is 10.8 Å². The van der Waals surface area contributed by atoms with Crippen molar-refractivity contribution < 1.29 is 14.7 Å². The van der Waals surface area contributed by atoms with E-state index in [9.17, 15) is 9.59 Å². The summed E-state index contributed by atoms with van der Waals surface area (Å²) in [6.45, 7) is 0. The standard InChI is InChI=1S/C6H5N5O3/c7-6-9-8-4(12)3-2(5(13)14)1-11(6)10-3/h1H,(H2,7,9)(H,8,12)(H,13,14). The summed E-state index contributed by atoms with van der Waals surface area (Å²) >= 11 is 0. The lowest BCUT2D eigenvalue weighted by Crippen LogP contribution is -2.26. The van der Waals surface area contributed by atoms with E-state index in [-0.39, 0.29) is 17.2 Å². The van der Waals surface area contributed by atoms with Crippen LogP contribution in [-0.2, 0) is 0 Å². The van der Waals surface area contributed by atoms with Gasteiger partial charge in [-0.3, -0.25) is 4.79 Å². The molecule has 0 aliphatic carbocycles. The number of amides is 1. The Balaban J connectivity index is 2.66. The predicted molar refractivity (Wildman–Crippen MR) is 43.7 cm³/mol. The van der Waals surface area contributed by atoms with E-state index in [1.54, 1.807) is 0 Å². The first kappa shape index (κ1) is 8.23. The van der Waals surface area contributed by atoms with Crippen molar-refractivity contribution in [2.45, 2.75) is 0 Å². The van der Waals surface area contributed by atoms with E-state index >= 15 is 0 Å². The molecule has 0 radical (unpaired) electrons. The Morgan fingerprint density at radius 2 is 2.36 bits per heavy atom. The molecule has 8 nitrogen and oxygen atoms in total. The molecule has 1 aromatic heterocycles. The second-order valence-corrected chi connectivity index (χ2v) is 2.55. The zero-order chi connectivity index (χ0) is 10.3. The fourth-order valence-electron chi connectivity index (χ4n) is 1.03. The lowest BCUT2D eigenvalue weighted by Gasteiger charge is -1.98. The maximum atomic E-state index is 11.2. The molecule has 0 spiro atoms. The van der Waals surface area contributed by atoms with E-state index < -0.39 is 11.9 Å². The smallest absolute Gasteiger partial charge is 0.339 e. The summed E-state index contributed by atoms with van der Waals surface area (Å²) in [5, 5.41) is 15.8. The van der Waals surface area contributed by atoms with E-state index in [0.717, 1.165) is 10.9 Å². The van der Waals surface area contributed by atoms with E-state index in [0.29, 0.717) is 0 Å². The highest BCUT2D eigenvalue weighted by Gasteiger charge is 2.24. The molecule has 8 heteroatoms. The molecule has 14 heavy (non-hydrogen) atoms. The summed E-state index contributed by atoms with van der Waals surface area (Å²) in [7, 11) is 0. The topological polar surface area (TPSA) is 123 Å². The quantitative estimate of drug-likeness (QED) is 0.498. The minimum absolute atomic E-state index is 0.0930. The van der Waals surface area contributed by atoms with Gasteiger partial charge in [-0.2, -0.15) is 5.10 Å². The Morgan fingerprint density at radius 1 is 1.64 bits per heavy atom. The number of hydrogen-bond donors (Lipinski definition) is 3. The van der Waals surface area contributed by atoms with Gasteiger partial charge in [0.1, 0.15) is 5.56 Å². The van der Waals surface area contributed by atoms with Gasteiger partial charge in [0.15, 0.2) is 5.69 Å². The Kier molecular flexibility index (Phi) is 1.50. The van der Waals surface area contributed by atoms with Crippen LogP contribution < -0.4 is 11.2 Å². The molecular weight excluding hydrogens is 190 g/mol. The fourth-order valence-corrected chi connectivity index (χ4v) is 1.03. The zero-order valence-electron chi connectivity index (χ0n) is 6.76. The minimum Gasteiger partial charge on any atom is -0.478 e. The Labute approximate surface area is 77.0 Å². The van der Waals surface area contributed by atoms with Gasteiger partial charge in [-0.1, -0.05) is 0 Å². The van der Waals surface area contributed by atoms with Crippen LogP contribution in [0.25, 0.3) is 0 Å². The number of rotatable bonds is 1. The molecule has 1 aromatic rings. The van der Waals surface area contributed by atoms with Gasteiger partial charge in [-0.05, 0) is 0 Å². The number of carboxylic acids is 1. The maximum Gasteiger partial charge on any atom is 0.339 e. The van der Waals surface area contributed by atoms with Gasteiger partial charge in [-0.15, -0.1) is 5.10 Å². The van der Waals surface area contributed by atoms with Crippen molar-refractivity contribution in [1.82, 2.24) is 15.2 Å². The Morgan fingerprint density at radius 3 is 3.00 bits per heavy atom. The van der Waals surface area contributed by atoms with Crippen LogP contribution >= 0.6 is 0 Å². The number of aromatic nitrogens is 2. The van der Waals surface area contributed by atoms with Crippen LogP contribution in [0.4, 0.5) is 0 Å². The molecule has 1 amide bonds. The third-order valence-corrected chi connectivity index (χ3v) is 1.67. The SMILES string of the molecule is NC1=NNC(=O)c2nn1cc2C(=O)O. The van der Waals surface area contributed by atoms with Gasteiger partial charge in [0, 0.05) is 6.20 Å². The first-order valence-electron chi connectivity index (χ1n) is 3.56. The minimum atomic E-state index is -1.24. The highest BCUT2D eigenvalue weighted by atomic mass is 16.4. The lowest BCUT2D eigenvalue weighted by molar-refractivity contribution is 0.0691. The van der Waals surface area contributed by atoms with Gasteiger partial charge in [-0.25, -0.2) is 14.9 Å². The normalized spacial score (nSPS) is 14.3. The van der Waals surface area contributed by atoms with Crippen molar-refractivity contribution in [2.24, 2.45) is 10.8 Å². The van der Waals surface area contributed by atoms with Gasteiger partial charge in [0.05, 0.1) is 0 Å². The molecule has 1 aliphatic heterocycles. The number of carbonyl (C=O) groups excluding carboxylic acids is 1. The molecule has 0 fully saturated rings. The van der Waals surface area contributed by atoms with Gasteiger partial charge >= 0.3 is 5.97 Å². The highest BCUT2D eigenvalue weighted by molar-refractivity contribution is 6.05. The molecule has 0 atom stereocenters. The third-order valence-electron chi connectivity index (χ3n) is 1.67. The van der Waals surface area contributed by atoms with Crippen LogP contribution in [-0.4, -0.2) is 32.7 Å². The summed E-state index contributed by atoms with van der Waals surface area (Å²) in [6, 6.07) is 0. The predicted octanol–water partition coefficient (Wildman–Crippen LogP) is -1.60. The summed E-state index contributed by atoms with van der Waals surface area (Å²) in [5.41, 5.74) is 7.00. The summed E-state index contributed by atoms with van der Waals surface area (Å²) in [5.74, 6) is -2.03. The number of nitrogens with two attached hydrogens (primary N) is 1. The third kappa shape index (κ3) is 1.01. The van der Waals surface area contributed by atoms with Crippen LogP contribution in [0, 0.1) is 0 Å². The number of nitrogens with one attached hydrogen (secondary N) is 1. The van der Waals surface area contributed by atoms with Crippen molar-refractivity contribution in [3.05, 3.63) is 17.5 Å². The first-order chi connectivity index (χ1) is 6.59. The van der Waals surface area contributed by atoms with E-state index in [1.165, 1.54) is 0 Å². The summed E-state index contributed by atoms with van der Waals surface area (Å²) < 4.78 is 1.02. The van der Waals surface area contributed by atoms with Crippen molar-refractivity contribution >= 4 is 17.8 Å². The Hall–Kier alpha value is -2.38. The molecule has 0 saturated carbocycles. The van der Waals surface area contributed by atoms with E-state index in [4.69, 9.17) is 10.8 Å². The van der Waals surface area contributed by atoms with Crippen LogP contribution in [0.3, 0.4) is 0 Å². The van der Waals surface area contributed by atoms with Crippen LogP contribution in [0.2, 0.25) is 0 Å². The second kappa shape index (κ2) is 2.55. The number of hydrogen-bond acceptors (Lipinski definition) is 5. The van der Waals surface area contributed by atoms with E-state index in [2.05, 4.69) is 15.6 Å². The Bertz CT molecular complexity index is 460. The van der Waals surface area contributed by atoms with Crippen LogP contribution in [0.5, 0.6) is 0 Å².